The molecule has 0 saturated heterocycles. The number of rotatable bonds is 1. The highest BCUT2D eigenvalue weighted by Crippen LogP contribution is 2.37. The molecule has 0 saturated carbocycles. The molecule has 2 N–H and O–H groups in total. The Morgan fingerprint density at radius 3 is 2.74 bits per heavy atom. The van der Waals surface area contributed by atoms with Crippen molar-refractivity contribution in [2.24, 2.45) is 0 Å². The van der Waals surface area contributed by atoms with Gasteiger partial charge in [0.15, 0.2) is 0 Å². The summed E-state index contributed by atoms with van der Waals surface area (Å²) in [7, 11) is -2.84. The van der Waals surface area contributed by atoms with Crippen LogP contribution in [-0.4, -0.2) is 31.6 Å². The molecule has 2 aromatic carbocycles. The van der Waals surface area contributed by atoms with Crippen molar-refractivity contribution >= 4 is 49.2 Å². The SMILES string of the molecule is COc1cc2c(cn1)-c1ccc(Cl)c(c1)NS(=O)(=O)c1cc(cc(Br)c1O)C(=O)OC2. The Balaban J connectivity index is 1.98. The molecule has 8 nitrogen and oxygen atoms in total. The number of pyridine rings is 1. The van der Waals surface area contributed by atoms with Crippen LogP contribution in [0.25, 0.3) is 11.1 Å². The average Bonchev–Trinajstić information content (AvgIpc) is 2.74. The maximum Gasteiger partial charge on any atom is 0.338 e. The summed E-state index contributed by atoms with van der Waals surface area (Å²) in [5.41, 5.74) is 1.80. The second kappa shape index (κ2) is 8.03. The summed E-state index contributed by atoms with van der Waals surface area (Å²) in [6.45, 7) is -0.126. The molecular formula is C20H14BrClN2O6S. The average molecular weight is 526 g/mol. The molecular weight excluding hydrogens is 512 g/mol. The van der Waals surface area contributed by atoms with Crippen molar-refractivity contribution < 1.29 is 27.8 Å². The monoisotopic (exact) mass is 524 g/mol. The number of cyclic esters (lactones) is 1. The molecule has 0 aliphatic carbocycles. The highest BCUT2D eigenvalue weighted by Gasteiger charge is 2.26. The first-order chi connectivity index (χ1) is 14.7. The van der Waals surface area contributed by atoms with E-state index in [0.717, 1.165) is 6.07 Å². The number of aromatic nitrogens is 1. The van der Waals surface area contributed by atoms with Gasteiger partial charge in [0, 0.05) is 23.4 Å². The van der Waals surface area contributed by atoms with Gasteiger partial charge in [0.05, 0.1) is 27.9 Å². The molecule has 11 heteroatoms. The Morgan fingerprint density at radius 1 is 1.23 bits per heavy atom. The summed E-state index contributed by atoms with van der Waals surface area (Å²) >= 11 is 9.30. The normalized spacial score (nSPS) is 14.7. The van der Waals surface area contributed by atoms with E-state index < -0.39 is 26.6 Å². The number of anilines is 1. The summed E-state index contributed by atoms with van der Waals surface area (Å²) < 4.78 is 39.0. The van der Waals surface area contributed by atoms with E-state index in [2.05, 4.69) is 25.6 Å². The van der Waals surface area contributed by atoms with Gasteiger partial charge in [-0.05, 0) is 45.8 Å². The fourth-order valence-corrected chi connectivity index (χ4v) is 5.09. The topological polar surface area (TPSA) is 115 Å². The smallest absolute Gasteiger partial charge is 0.338 e. The van der Waals surface area contributed by atoms with Crippen LogP contribution in [0.2, 0.25) is 5.02 Å². The maximum atomic E-state index is 13.0. The summed E-state index contributed by atoms with van der Waals surface area (Å²) in [6.07, 6.45) is 1.53. The summed E-state index contributed by atoms with van der Waals surface area (Å²) in [5, 5.41) is 10.5. The van der Waals surface area contributed by atoms with E-state index in [1.807, 2.05) is 0 Å². The number of carbonyl (C=O) groups excluding carboxylic acids is 1. The quantitative estimate of drug-likeness (QED) is 0.454. The number of nitrogens with zero attached hydrogens (tertiary/aromatic N) is 1. The van der Waals surface area contributed by atoms with E-state index in [9.17, 15) is 18.3 Å². The van der Waals surface area contributed by atoms with Crippen molar-refractivity contribution in [2.45, 2.75) is 11.5 Å². The van der Waals surface area contributed by atoms with Crippen LogP contribution in [0.3, 0.4) is 0 Å². The minimum atomic E-state index is -4.30. The number of sulfonamides is 1. The molecule has 0 unspecified atom stereocenters. The predicted molar refractivity (Wildman–Crippen MR) is 117 cm³/mol. The molecule has 3 aromatic rings. The van der Waals surface area contributed by atoms with E-state index in [1.54, 1.807) is 12.1 Å². The molecule has 2 heterocycles. The van der Waals surface area contributed by atoms with Crippen molar-refractivity contribution in [2.75, 3.05) is 11.8 Å². The number of nitrogens with one attached hydrogen (secondary N) is 1. The Hall–Kier alpha value is -2.82. The number of carbonyl (C=O) groups is 1. The van der Waals surface area contributed by atoms with Crippen LogP contribution < -0.4 is 9.46 Å². The van der Waals surface area contributed by atoms with Gasteiger partial charge in [-0.2, -0.15) is 0 Å². The minimum absolute atomic E-state index is 0.0170. The van der Waals surface area contributed by atoms with Crippen LogP contribution >= 0.6 is 27.5 Å². The second-order valence-corrected chi connectivity index (χ2v) is 9.48. The molecule has 1 aliphatic heterocycles. The zero-order valence-corrected chi connectivity index (χ0v) is 19.0. The first kappa shape index (κ1) is 21.4. The number of esters is 1. The van der Waals surface area contributed by atoms with Crippen LogP contribution in [0.5, 0.6) is 11.6 Å². The lowest BCUT2D eigenvalue weighted by Gasteiger charge is -2.14. The molecule has 0 radical (unpaired) electrons. The minimum Gasteiger partial charge on any atom is -0.505 e. The van der Waals surface area contributed by atoms with E-state index >= 15 is 0 Å². The molecule has 1 aliphatic rings. The van der Waals surface area contributed by atoms with Gasteiger partial charge in [0.2, 0.25) is 5.88 Å². The number of aromatic hydroxyl groups is 1. The number of hydrogen-bond acceptors (Lipinski definition) is 7. The summed E-state index contributed by atoms with van der Waals surface area (Å²) in [4.78, 5) is 16.3. The fourth-order valence-electron chi connectivity index (χ4n) is 3.06. The molecule has 4 bridgehead atoms. The Labute approximate surface area is 191 Å². The lowest BCUT2D eigenvalue weighted by molar-refractivity contribution is 0.0472. The number of benzene rings is 2. The predicted octanol–water partition coefficient (Wildman–Crippen LogP) is 4.35. The van der Waals surface area contributed by atoms with Gasteiger partial charge in [-0.25, -0.2) is 18.2 Å². The van der Waals surface area contributed by atoms with E-state index in [0.29, 0.717) is 22.6 Å². The highest BCUT2D eigenvalue weighted by molar-refractivity contribution is 9.10. The van der Waals surface area contributed by atoms with Gasteiger partial charge in [0.25, 0.3) is 10.0 Å². The van der Waals surface area contributed by atoms with Crippen LogP contribution in [0.4, 0.5) is 5.69 Å². The largest absolute Gasteiger partial charge is 0.505 e. The molecule has 31 heavy (non-hydrogen) atoms. The fraction of sp³-hybridized carbons (Fsp3) is 0.100. The van der Waals surface area contributed by atoms with E-state index in [4.69, 9.17) is 21.1 Å². The third-order valence-electron chi connectivity index (χ3n) is 4.61. The van der Waals surface area contributed by atoms with Crippen LogP contribution in [0.15, 0.2) is 52.0 Å². The Kier molecular flexibility index (Phi) is 5.54. The first-order valence-corrected chi connectivity index (χ1v) is 11.4. The molecule has 0 fully saturated rings. The standard InChI is InChI=1S/C20H14BrClN2O6S/c1-29-18-7-12-9-30-20(26)11-4-14(21)19(25)17(6-11)31(27,28)24-16-5-10(2-3-15(16)22)13(12)8-23-18/h2-8,24-25H,9H2,1H3. The summed E-state index contributed by atoms with van der Waals surface area (Å²) in [6, 6.07) is 8.68. The Bertz CT molecular complexity index is 1330. The zero-order chi connectivity index (χ0) is 22.3. The maximum absolute atomic E-state index is 13.0. The summed E-state index contributed by atoms with van der Waals surface area (Å²) in [5.74, 6) is -1.00. The number of hydrogen-bond donors (Lipinski definition) is 2. The molecule has 4 rings (SSSR count). The molecule has 0 spiro atoms. The molecule has 0 atom stereocenters. The highest BCUT2D eigenvalue weighted by atomic mass is 79.9. The number of phenolic OH excluding ortho intramolecular Hbond substituents is 1. The number of ether oxygens (including phenoxy) is 2. The lowest BCUT2D eigenvalue weighted by Crippen LogP contribution is -2.15. The van der Waals surface area contributed by atoms with Crippen molar-refractivity contribution in [3.8, 4) is 22.8 Å². The van der Waals surface area contributed by atoms with Gasteiger partial charge in [-0.15, -0.1) is 0 Å². The van der Waals surface area contributed by atoms with Gasteiger partial charge in [-0.3, -0.25) is 4.72 Å². The second-order valence-electron chi connectivity index (χ2n) is 6.56. The number of halogens is 2. The molecule has 1 aromatic heterocycles. The lowest BCUT2D eigenvalue weighted by atomic mass is 10.0. The number of phenols is 1. The van der Waals surface area contributed by atoms with Crippen molar-refractivity contribution in [3.63, 3.8) is 0 Å². The Morgan fingerprint density at radius 2 is 2.00 bits per heavy atom. The van der Waals surface area contributed by atoms with Gasteiger partial charge in [-0.1, -0.05) is 17.7 Å². The third-order valence-corrected chi connectivity index (χ3v) is 6.92. The van der Waals surface area contributed by atoms with Crippen molar-refractivity contribution in [1.82, 2.24) is 4.98 Å². The van der Waals surface area contributed by atoms with Gasteiger partial charge in [0.1, 0.15) is 17.3 Å². The van der Waals surface area contributed by atoms with Crippen LogP contribution in [-0.2, 0) is 21.4 Å². The number of methoxy groups -OCH3 is 1. The third kappa shape index (κ3) is 4.06. The molecule has 0 amide bonds. The van der Waals surface area contributed by atoms with Crippen LogP contribution in [0, 0.1) is 0 Å². The van der Waals surface area contributed by atoms with Gasteiger partial charge < -0.3 is 14.6 Å². The van der Waals surface area contributed by atoms with Gasteiger partial charge >= 0.3 is 5.97 Å². The number of fused-ring (bicyclic) bond motifs is 6. The zero-order valence-electron chi connectivity index (χ0n) is 15.8. The van der Waals surface area contributed by atoms with E-state index in [1.165, 1.54) is 31.5 Å². The van der Waals surface area contributed by atoms with E-state index in [-0.39, 0.29) is 27.4 Å². The van der Waals surface area contributed by atoms with Crippen molar-refractivity contribution in [1.29, 1.82) is 0 Å². The van der Waals surface area contributed by atoms with Crippen molar-refractivity contribution in [3.05, 3.63) is 63.2 Å². The molecule has 160 valence electrons. The first-order valence-electron chi connectivity index (χ1n) is 8.75. The van der Waals surface area contributed by atoms with Crippen LogP contribution in [0.1, 0.15) is 15.9 Å².